The molecule has 5 rings (SSSR count). The molecule has 2 aromatic carbocycles. The molecule has 1 unspecified atom stereocenters. The molecule has 3 aromatic heterocycles. The van der Waals surface area contributed by atoms with Crippen LogP contribution < -0.4 is 15.6 Å². The molecule has 5 aromatic rings. The molecular formula is C24H21N3O5. The average molecular weight is 431 g/mol. The molecule has 8 heteroatoms. The zero-order chi connectivity index (χ0) is 22.2. The molecule has 0 aliphatic heterocycles. The first-order chi connectivity index (χ1) is 15.5. The summed E-state index contributed by atoms with van der Waals surface area (Å²) in [5.74, 6) is 0.910. The van der Waals surface area contributed by atoms with E-state index in [0.717, 1.165) is 10.8 Å². The summed E-state index contributed by atoms with van der Waals surface area (Å²) in [6, 6.07) is 14.4. The van der Waals surface area contributed by atoms with Crippen molar-refractivity contribution in [1.82, 2.24) is 14.9 Å². The summed E-state index contributed by atoms with van der Waals surface area (Å²) in [7, 11) is 0. The van der Waals surface area contributed by atoms with Crippen LogP contribution in [0.15, 0.2) is 68.5 Å². The van der Waals surface area contributed by atoms with E-state index in [9.17, 15) is 9.59 Å². The number of amides is 1. The molecule has 0 saturated carbocycles. The number of fused-ring (bicyclic) bond motifs is 4. The molecule has 0 bridgehead atoms. The first-order valence-electron chi connectivity index (χ1n) is 10.4. The second-order valence-corrected chi connectivity index (χ2v) is 7.50. The fraction of sp³-hybridized carbons (Fsp3) is 0.208. The molecule has 1 N–H and O–H groups in total. The molecule has 0 spiro atoms. The predicted octanol–water partition coefficient (Wildman–Crippen LogP) is 4.17. The number of carbonyl (C=O) groups excluding carboxylic acids is 1. The second kappa shape index (κ2) is 7.88. The first kappa shape index (κ1) is 19.9. The van der Waals surface area contributed by atoms with Gasteiger partial charge in [0.25, 0.3) is 5.56 Å². The van der Waals surface area contributed by atoms with E-state index in [1.165, 1.54) is 10.9 Å². The van der Waals surface area contributed by atoms with Gasteiger partial charge >= 0.3 is 0 Å². The van der Waals surface area contributed by atoms with Crippen LogP contribution in [0.3, 0.4) is 0 Å². The monoisotopic (exact) mass is 431 g/mol. The van der Waals surface area contributed by atoms with E-state index in [1.807, 2.05) is 56.3 Å². The number of rotatable bonds is 6. The maximum Gasteiger partial charge on any atom is 0.297 e. The number of nitrogens with one attached hydrogen (secondary N) is 1. The highest BCUT2D eigenvalue weighted by atomic mass is 16.5. The van der Waals surface area contributed by atoms with Gasteiger partial charge in [0.1, 0.15) is 23.4 Å². The SMILES string of the molecule is CCOc1cccc2cc(C(C)NC(=O)Cn3cnc4c(oc5ccccc54)c3=O)oc12. The van der Waals surface area contributed by atoms with Crippen molar-refractivity contribution in [2.45, 2.75) is 26.4 Å². The summed E-state index contributed by atoms with van der Waals surface area (Å²) in [5, 5.41) is 4.52. The van der Waals surface area contributed by atoms with Crippen LogP contribution in [0.25, 0.3) is 33.0 Å². The summed E-state index contributed by atoms with van der Waals surface area (Å²) < 4.78 is 18.5. The zero-order valence-electron chi connectivity index (χ0n) is 17.6. The summed E-state index contributed by atoms with van der Waals surface area (Å²) in [6.45, 7) is 4.07. The smallest absolute Gasteiger partial charge is 0.297 e. The molecule has 0 aliphatic carbocycles. The molecule has 0 aliphatic rings. The zero-order valence-corrected chi connectivity index (χ0v) is 17.6. The van der Waals surface area contributed by atoms with Crippen molar-refractivity contribution in [2.24, 2.45) is 0 Å². The summed E-state index contributed by atoms with van der Waals surface area (Å²) in [5.41, 5.74) is 1.44. The van der Waals surface area contributed by atoms with Crippen LogP contribution in [0, 0.1) is 0 Å². The van der Waals surface area contributed by atoms with Crippen LogP contribution in [-0.4, -0.2) is 22.1 Å². The van der Waals surface area contributed by atoms with E-state index in [0.29, 0.717) is 34.8 Å². The highest BCUT2D eigenvalue weighted by Gasteiger charge is 2.18. The van der Waals surface area contributed by atoms with E-state index < -0.39 is 11.6 Å². The highest BCUT2D eigenvalue weighted by molar-refractivity contribution is 6.01. The van der Waals surface area contributed by atoms with Crippen molar-refractivity contribution in [3.8, 4) is 5.75 Å². The van der Waals surface area contributed by atoms with E-state index in [-0.39, 0.29) is 18.0 Å². The van der Waals surface area contributed by atoms with Gasteiger partial charge in [-0.2, -0.15) is 0 Å². The Labute approximate surface area is 182 Å². The lowest BCUT2D eigenvalue weighted by Crippen LogP contribution is -2.33. The number of hydrogen-bond donors (Lipinski definition) is 1. The van der Waals surface area contributed by atoms with Gasteiger partial charge in [0.15, 0.2) is 11.3 Å². The van der Waals surface area contributed by atoms with Gasteiger partial charge in [-0.15, -0.1) is 0 Å². The van der Waals surface area contributed by atoms with Gasteiger partial charge in [-0.05, 0) is 38.1 Å². The Hall–Kier alpha value is -4.07. The average Bonchev–Trinajstić information content (AvgIpc) is 3.39. The first-order valence-corrected chi connectivity index (χ1v) is 10.4. The number of hydrogen-bond acceptors (Lipinski definition) is 6. The summed E-state index contributed by atoms with van der Waals surface area (Å²) >= 11 is 0. The van der Waals surface area contributed by atoms with E-state index >= 15 is 0 Å². The normalized spacial score (nSPS) is 12.4. The minimum absolute atomic E-state index is 0.135. The second-order valence-electron chi connectivity index (χ2n) is 7.50. The van der Waals surface area contributed by atoms with Crippen molar-refractivity contribution in [3.63, 3.8) is 0 Å². The van der Waals surface area contributed by atoms with Gasteiger partial charge in [0, 0.05) is 10.8 Å². The summed E-state index contributed by atoms with van der Waals surface area (Å²) in [4.78, 5) is 29.8. The van der Waals surface area contributed by atoms with Gasteiger partial charge in [-0.1, -0.05) is 24.3 Å². The van der Waals surface area contributed by atoms with Crippen LogP contribution in [0.4, 0.5) is 0 Å². The number of para-hydroxylation sites is 2. The van der Waals surface area contributed by atoms with Crippen molar-refractivity contribution in [1.29, 1.82) is 0 Å². The van der Waals surface area contributed by atoms with E-state index in [2.05, 4.69) is 10.3 Å². The molecule has 32 heavy (non-hydrogen) atoms. The minimum Gasteiger partial charge on any atom is -0.490 e. The Morgan fingerprint density at radius 2 is 2.00 bits per heavy atom. The lowest BCUT2D eigenvalue weighted by Gasteiger charge is -2.12. The Morgan fingerprint density at radius 1 is 1.16 bits per heavy atom. The number of aromatic nitrogens is 2. The topological polar surface area (TPSA) is 99.5 Å². The van der Waals surface area contributed by atoms with Crippen LogP contribution in [-0.2, 0) is 11.3 Å². The van der Waals surface area contributed by atoms with E-state index in [1.54, 1.807) is 6.07 Å². The van der Waals surface area contributed by atoms with Gasteiger partial charge in [-0.3, -0.25) is 14.2 Å². The van der Waals surface area contributed by atoms with Crippen LogP contribution in [0.5, 0.6) is 5.75 Å². The number of ether oxygens (including phenoxy) is 1. The Morgan fingerprint density at radius 3 is 2.84 bits per heavy atom. The molecule has 0 radical (unpaired) electrons. The van der Waals surface area contributed by atoms with Gasteiger partial charge in [0.05, 0.1) is 19.0 Å². The van der Waals surface area contributed by atoms with Crippen molar-refractivity contribution in [2.75, 3.05) is 6.61 Å². The largest absolute Gasteiger partial charge is 0.490 e. The van der Waals surface area contributed by atoms with Crippen molar-refractivity contribution < 1.29 is 18.4 Å². The predicted molar refractivity (Wildman–Crippen MR) is 120 cm³/mol. The number of carbonyl (C=O) groups is 1. The highest BCUT2D eigenvalue weighted by Crippen LogP contribution is 2.31. The number of furan rings is 2. The van der Waals surface area contributed by atoms with Gasteiger partial charge in [-0.25, -0.2) is 4.98 Å². The van der Waals surface area contributed by atoms with Crippen LogP contribution in [0.1, 0.15) is 25.6 Å². The third-order valence-corrected chi connectivity index (χ3v) is 5.30. The quantitative estimate of drug-likeness (QED) is 0.433. The van der Waals surface area contributed by atoms with Crippen molar-refractivity contribution >= 4 is 38.9 Å². The maximum atomic E-state index is 12.8. The maximum absolute atomic E-state index is 12.8. The third-order valence-electron chi connectivity index (χ3n) is 5.30. The molecule has 8 nitrogen and oxygen atoms in total. The van der Waals surface area contributed by atoms with E-state index in [4.69, 9.17) is 13.6 Å². The van der Waals surface area contributed by atoms with Crippen LogP contribution >= 0.6 is 0 Å². The molecule has 0 fully saturated rings. The minimum atomic E-state index is -0.404. The lowest BCUT2D eigenvalue weighted by molar-refractivity contribution is -0.122. The molecule has 1 amide bonds. The standard InChI is InChI=1S/C24H21N3O5/c1-3-30-18-10-6-7-15-11-19(32-22(15)18)14(2)26-20(28)12-27-13-25-21-16-8-4-5-9-17(16)31-23(21)24(27)29/h4-11,13-14H,3,12H2,1-2H3,(H,26,28). The molecule has 1 atom stereocenters. The third kappa shape index (κ3) is 3.39. The van der Waals surface area contributed by atoms with Crippen molar-refractivity contribution in [3.05, 3.63) is 71.0 Å². The van der Waals surface area contributed by atoms with Crippen LogP contribution in [0.2, 0.25) is 0 Å². The molecule has 3 heterocycles. The fourth-order valence-electron chi connectivity index (χ4n) is 3.78. The van der Waals surface area contributed by atoms with Gasteiger partial charge < -0.3 is 18.9 Å². The number of nitrogens with zero attached hydrogens (tertiary/aromatic N) is 2. The molecular weight excluding hydrogens is 410 g/mol. The molecule has 162 valence electrons. The Bertz CT molecular complexity index is 1510. The summed E-state index contributed by atoms with van der Waals surface area (Å²) in [6.07, 6.45) is 1.37. The van der Waals surface area contributed by atoms with Gasteiger partial charge in [0.2, 0.25) is 11.5 Å². The lowest BCUT2D eigenvalue weighted by atomic mass is 10.2. The fourth-order valence-corrected chi connectivity index (χ4v) is 3.78. The number of benzene rings is 2. The molecule has 0 saturated heterocycles. The Kier molecular flexibility index (Phi) is 4.89. The Balaban J connectivity index is 1.36.